The third-order valence-electron chi connectivity index (χ3n) is 3.82. The summed E-state index contributed by atoms with van der Waals surface area (Å²) in [7, 11) is 0. The fourth-order valence-electron chi connectivity index (χ4n) is 2.73. The highest BCUT2D eigenvalue weighted by Crippen LogP contribution is 2.28. The number of rotatable bonds is 7. The summed E-state index contributed by atoms with van der Waals surface area (Å²) in [4.78, 5) is 0. The lowest BCUT2D eigenvalue weighted by molar-refractivity contribution is 0.482. The Morgan fingerprint density at radius 3 is 2.67 bits per heavy atom. The predicted octanol–water partition coefficient (Wildman–Crippen LogP) is 4.01. The minimum atomic E-state index is 0.440. The molecule has 1 N–H and O–H groups in total. The van der Waals surface area contributed by atoms with Crippen LogP contribution in [0.15, 0.2) is 30.3 Å². The minimum absolute atomic E-state index is 0.440. The molecule has 0 saturated heterocycles. The second-order valence-corrected chi connectivity index (χ2v) is 6.04. The third-order valence-corrected chi connectivity index (χ3v) is 4.22. The van der Waals surface area contributed by atoms with Crippen molar-refractivity contribution in [3.8, 4) is 0 Å². The molecule has 0 aromatic heterocycles. The van der Waals surface area contributed by atoms with Crippen LogP contribution in [-0.2, 0) is 6.42 Å². The molecule has 0 radical (unpaired) electrons. The molecule has 0 heterocycles. The van der Waals surface area contributed by atoms with Gasteiger partial charge < -0.3 is 5.32 Å². The molecule has 1 aliphatic carbocycles. The Kier molecular flexibility index (Phi) is 6.02. The van der Waals surface area contributed by atoms with E-state index in [-0.39, 0.29) is 0 Å². The normalized spacial score (nSPS) is 23.4. The van der Waals surface area contributed by atoms with E-state index in [1.165, 1.54) is 44.1 Å². The van der Waals surface area contributed by atoms with Crippen molar-refractivity contribution in [2.75, 3.05) is 13.1 Å². The van der Waals surface area contributed by atoms with Gasteiger partial charge in [-0.1, -0.05) is 30.3 Å². The van der Waals surface area contributed by atoms with Crippen molar-refractivity contribution < 1.29 is 0 Å². The first-order chi connectivity index (χ1) is 8.84. The number of nitrogens with one attached hydrogen (secondary N) is 1. The van der Waals surface area contributed by atoms with Gasteiger partial charge in [-0.15, -0.1) is 11.6 Å². The molecule has 2 unspecified atom stereocenters. The molecule has 100 valence electrons. The van der Waals surface area contributed by atoms with Crippen LogP contribution in [0.4, 0.5) is 0 Å². The van der Waals surface area contributed by atoms with Gasteiger partial charge in [-0.3, -0.25) is 0 Å². The molecule has 0 spiro atoms. The van der Waals surface area contributed by atoms with Crippen LogP contribution >= 0.6 is 11.6 Å². The molecule has 1 nitrogen and oxygen atoms in total. The highest BCUT2D eigenvalue weighted by molar-refractivity contribution is 6.20. The SMILES string of the molecule is ClC1CCC(CNCCCCc2ccccc2)C1. The van der Waals surface area contributed by atoms with Crippen LogP contribution < -0.4 is 5.32 Å². The maximum atomic E-state index is 6.11. The van der Waals surface area contributed by atoms with Crippen LogP contribution in [0.1, 0.15) is 37.7 Å². The molecule has 1 aliphatic rings. The standard InChI is InChI=1S/C16H24ClN/c17-16-10-9-15(12-16)13-18-11-5-4-8-14-6-2-1-3-7-14/h1-3,6-7,15-16,18H,4-5,8-13H2. The van der Waals surface area contributed by atoms with Gasteiger partial charge in [-0.25, -0.2) is 0 Å². The zero-order valence-electron chi connectivity index (χ0n) is 11.1. The lowest BCUT2D eigenvalue weighted by Gasteiger charge is -2.10. The maximum Gasteiger partial charge on any atom is 0.0339 e. The molecule has 0 bridgehead atoms. The number of hydrogen-bond acceptors (Lipinski definition) is 1. The van der Waals surface area contributed by atoms with Crippen LogP contribution in [0.2, 0.25) is 0 Å². The van der Waals surface area contributed by atoms with E-state index in [1.807, 2.05) is 0 Å². The van der Waals surface area contributed by atoms with Crippen LogP contribution in [0.25, 0.3) is 0 Å². The van der Waals surface area contributed by atoms with Gasteiger partial charge >= 0.3 is 0 Å². The molecule has 1 saturated carbocycles. The van der Waals surface area contributed by atoms with Gasteiger partial charge in [0.25, 0.3) is 0 Å². The Bertz CT molecular complexity index is 325. The topological polar surface area (TPSA) is 12.0 Å². The van der Waals surface area contributed by atoms with Crippen molar-refractivity contribution in [3.63, 3.8) is 0 Å². The molecule has 1 aromatic carbocycles. The Balaban J connectivity index is 1.47. The monoisotopic (exact) mass is 265 g/mol. The summed E-state index contributed by atoms with van der Waals surface area (Å²) >= 11 is 6.11. The van der Waals surface area contributed by atoms with Gasteiger partial charge in [0.05, 0.1) is 0 Å². The average Bonchev–Trinajstić information content (AvgIpc) is 2.81. The summed E-state index contributed by atoms with van der Waals surface area (Å²) < 4.78 is 0. The van der Waals surface area contributed by atoms with Crippen LogP contribution in [-0.4, -0.2) is 18.5 Å². The molecule has 0 amide bonds. The number of hydrogen-bond donors (Lipinski definition) is 1. The quantitative estimate of drug-likeness (QED) is 0.580. The van der Waals surface area contributed by atoms with E-state index < -0.39 is 0 Å². The third kappa shape index (κ3) is 4.99. The lowest BCUT2D eigenvalue weighted by atomic mass is 10.1. The number of aryl methyl sites for hydroxylation is 1. The minimum Gasteiger partial charge on any atom is -0.316 e. The van der Waals surface area contributed by atoms with Crippen molar-refractivity contribution in [3.05, 3.63) is 35.9 Å². The average molecular weight is 266 g/mol. The second kappa shape index (κ2) is 7.81. The molecule has 1 fully saturated rings. The van der Waals surface area contributed by atoms with E-state index in [0.29, 0.717) is 5.38 Å². The van der Waals surface area contributed by atoms with Gasteiger partial charge in [-0.2, -0.15) is 0 Å². The van der Waals surface area contributed by atoms with Crippen LogP contribution in [0.3, 0.4) is 0 Å². The first kappa shape index (κ1) is 13.9. The van der Waals surface area contributed by atoms with Gasteiger partial charge in [0.2, 0.25) is 0 Å². The molecule has 18 heavy (non-hydrogen) atoms. The Labute approximate surface area is 116 Å². The summed E-state index contributed by atoms with van der Waals surface area (Å²) in [6.45, 7) is 2.31. The zero-order valence-corrected chi connectivity index (χ0v) is 11.8. The van der Waals surface area contributed by atoms with E-state index in [4.69, 9.17) is 11.6 Å². The number of alkyl halides is 1. The van der Waals surface area contributed by atoms with E-state index in [2.05, 4.69) is 35.6 Å². The molecule has 2 rings (SSSR count). The largest absolute Gasteiger partial charge is 0.316 e. The van der Waals surface area contributed by atoms with Gasteiger partial charge in [0.15, 0.2) is 0 Å². The van der Waals surface area contributed by atoms with Crippen molar-refractivity contribution >= 4 is 11.6 Å². The molecule has 2 heteroatoms. The summed E-state index contributed by atoms with van der Waals surface area (Å²) in [5.74, 6) is 0.821. The maximum absolute atomic E-state index is 6.11. The van der Waals surface area contributed by atoms with E-state index in [0.717, 1.165) is 19.0 Å². The fourth-order valence-corrected chi connectivity index (χ4v) is 3.11. The highest BCUT2D eigenvalue weighted by atomic mass is 35.5. The molecule has 2 atom stereocenters. The van der Waals surface area contributed by atoms with Crippen molar-refractivity contribution in [2.24, 2.45) is 5.92 Å². The lowest BCUT2D eigenvalue weighted by Crippen LogP contribution is -2.22. The zero-order chi connectivity index (χ0) is 12.6. The van der Waals surface area contributed by atoms with Crippen molar-refractivity contribution in [1.29, 1.82) is 0 Å². The van der Waals surface area contributed by atoms with Crippen molar-refractivity contribution in [1.82, 2.24) is 5.32 Å². The Morgan fingerprint density at radius 2 is 1.94 bits per heavy atom. The number of benzene rings is 1. The van der Waals surface area contributed by atoms with Crippen molar-refractivity contribution in [2.45, 2.75) is 43.9 Å². The predicted molar refractivity (Wildman–Crippen MR) is 79.2 cm³/mol. The number of halogens is 1. The highest BCUT2D eigenvalue weighted by Gasteiger charge is 2.21. The first-order valence-electron chi connectivity index (χ1n) is 7.23. The van der Waals surface area contributed by atoms with E-state index in [1.54, 1.807) is 0 Å². The summed E-state index contributed by atoms with van der Waals surface area (Å²) in [6.07, 6.45) is 7.48. The second-order valence-electron chi connectivity index (χ2n) is 5.42. The fraction of sp³-hybridized carbons (Fsp3) is 0.625. The first-order valence-corrected chi connectivity index (χ1v) is 7.67. The molecular weight excluding hydrogens is 242 g/mol. The van der Waals surface area contributed by atoms with Gasteiger partial charge in [0.1, 0.15) is 0 Å². The Hall–Kier alpha value is -0.530. The van der Waals surface area contributed by atoms with E-state index >= 15 is 0 Å². The van der Waals surface area contributed by atoms with Gasteiger partial charge in [-0.05, 0) is 63.1 Å². The molecule has 0 aliphatic heterocycles. The summed E-state index contributed by atoms with van der Waals surface area (Å²) in [5, 5.41) is 4.02. The van der Waals surface area contributed by atoms with Crippen LogP contribution in [0, 0.1) is 5.92 Å². The smallest absolute Gasteiger partial charge is 0.0339 e. The number of unbranched alkanes of at least 4 members (excludes halogenated alkanes) is 1. The Morgan fingerprint density at radius 1 is 1.11 bits per heavy atom. The van der Waals surface area contributed by atoms with E-state index in [9.17, 15) is 0 Å². The summed E-state index contributed by atoms with van der Waals surface area (Å²) in [6, 6.07) is 10.8. The molecular formula is C16H24ClN. The molecule has 1 aromatic rings. The summed E-state index contributed by atoms with van der Waals surface area (Å²) in [5.41, 5.74) is 1.46. The van der Waals surface area contributed by atoms with Crippen LogP contribution in [0.5, 0.6) is 0 Å². The van der Waals surface area contributed by atoms with Gasteiger partial charge in [0, 0.05) is 5.38 Å².